The van der Waals surface area contributed by atoms with E-state index in [2.05, 4.69) is 27.4 Å². The molecule has 1 fully saturated rings. The number of likely N-dealkylation sites (N-methyl/N-ethyl adjacent to an activating group) is 1. The Bertz CT molecular complexity index is 390. The lowest BCUT2D eigenvalue weighted by Gasteiger charge is -2.32. The quantitative estimate of drug-likeness (QED) is 0.783. The molecule has 1 aliphatic rings. The molecule has 0 aromatic carbocycles. The number of anilines is 1. The fourth-order valence-electron chi connectivity index (χ4n) is 1.64. The first kappa shape index (κ1) is 10.9. The minimum absolute atomic E-state index is 0.444. The number of rotatable bonds is 2. The van der Waals surface area contributed by atoms with Crippen LogP contribution in [0.1, 0.15) is 5.69 Å². The van der Waals surface area contributed by atoms with Crippen LogP contribution in [0.2, 0.25) is 0 Å². The van der Waals surface area contributed by atoms with Gasteiger partial charge in [0.2, 0.25) is 0 Å². The van der Waals surface area contributed by atoms with E-state index in [0.717, 1.165) is 32.0 Å². The summed E-state index contributed by atoms with van der Waals surface area (Å²) < 4.78 is 0. The highest BCUT2D eigenvalue weighted by Gasteiger charge is 2.13. The molecular weight excluding hydrogens is 202 g/mol. The molecule has 2 rings (SSSR count). The molecule has 2 heterocycles. The number of aromatic nitrogens is 1. The van der Waals surface area contributed by atoms with Crippen LogP contribution in [0.25, 0.3) is 0 Å². The van der Waals surface area contributed by atoms with Crippen molar-refractivity contribution in [1.29, 1.82) is 5.26 Å². The molecular formula is C11H15N5. The zero-order valence-electron chi connectivity index (χ0n) is 9.35. The summed E-state index contributed by atoms with van der Waals surface area (Å²) in [4.78, 5) is 6.47. The topological polar surface area (TPSA) is 55.2 Å². The average molecular weight is 217 g/mol. The van der Waals surface area contributed by atoms with Crippen molar-refractivity contribution in [3.63, 3.8) is 0 Å². The summed E-state index contributed by atoms with van der Waals surface area (Å²) in [5.74, 6) is 0.739. The van der Waals surface area contributed by atoms with Crippen LogP contribution in [0.4, 0.5) is 5.82 Å². The molecule has 5 heteroatoms. The molecule has 1 N–H and O–H groups in total. The Kier molecular flexibility index (Phi) is 3.34. The SMILES string of the molecule is CN1CCN(Nc2cccc(C#N)n2)CC1. The minimum Gasteiger partial charge on any atom is -0.304 e. The molecule has 0 amide bonds. The molecule has 0 unspecified atom stereocenters. The molecule has 0 saturated carbocycles. The van der Waals surface area contributed by atoms with Gasteiger partial charge in [0.15, 0.2) is 0 Å². The lowest BCUT2D eigenvalue weighted by molar-refractivity contribution is 0.178. The fraction of sp³-hybridized carbons (Fsp3) is 0.455. The Morgan fingerprint density at radius 1 is 1.31 bits per heavy atom. The second-order valence-electron chi connectivity index (χ2n) is 3.92. The number of nitrogens with one attached hydrogen (secondary N) is 1. The van der Waals surface area contributed by atoms with E-state index in [4.69, 9.17) is 5.26 Å². The number of pyridine rings is 1. The monoisotopic (exact) mass is 217 g/mol. The van der Waals surface area contributed by atoms with Gasteiger partial charge in [-0.15, -0.1) is 0 Å². The van der Waals surface area contributed by atoms with Gasteiger partial charge in [-0.3, -0.25) is 0 Å². The summed E-state index contributed by atoms with van der Waals surface area (Å²) in [7, 11) is 2.12. The molecule has 1 aromatic heterocycles. The first-order chi connectivity index (χ1) is 7.78. The van der Waals surface area contributed by atoms with Gasteiger partial charge in [-0.25, -0.2) is 9.99 Å². The standard InChI is InChI=1S/C11H15N5/c1-15-5-7-16(8-6-15)14-11-4-2-3-10(9-12)13-11/h2-4H,5-8H2,1H3,(H,13,14). The van der Waals surface area contributed by atoms with E-state index < -0.39 is 0 Å². The summed E-state index contributed by atoms with van der Waals surface area (Å²) in [6.45, 7) is 4.03. The van der Waals surface area contributed by atoms with Crippen molar-refractivity contribution in [3.05, 3.63) is 23.9 Å². The zero-order valence-corrected chi connectivity index (χ0v) is 9.35. The Balaban J connectivity index is 1.96. The average Bonchev–Trinajstić information content (AvgIpc) is 2.32. The van der Waals surface area contributed by atoms with Crippen molar-refractivity contribution >= 4 is 5.82 Å². The molecule has 0 aliphatic carbocycles. The Labute approximate surface area is 95.3 Å². The second-order valence-corrected chi connectivity index (χ2v) is 3.92. The van der Waals surface area contributed by atoms with Gasteiger partial charge in [-0.1, -0.05) is 6.07 Å². The summed E-state index contributed by atoms with van der Waals surface area (Å²) in [5, 5.41) is 10.9. The number of hydrogen-bond donors (Lipinski definition) is 1. The second kappa shape index (κ2) is 4.92. The van der Waals surface area contributed by atoms with E-state index in [9.17, 15) is 0 Å². The molecule has 0 spiro atoms. The highest BCUT2D eigenvalue weighted by molar-refractivity contribution is 5.37. The third kappa shape index (κ3) is 2.69. The first-order valence-corrected chi connectivity index (χ1v) is 5.35. The van der Waals surface area contributed by atoms with E-state index >= 15 is 0 Å². The zero-order chi connectivity index (χ0) is 11.4. The van der Waals surface area contributed by atoms with Crippen LogP contribution in [-0.4, -0.2) is 48.1 Å². The van der Waals surface area contributed by atoms with Crippen LogP contribution in [0, 0.1) is 11.3 Å². The van der Waals surface area contributed by atoms with Crippen molar-refractivity contribution in [2.24, 2.45) is 0 Å². The maximum Gasteiger partial charge on any atom is 0.142 e. The summed E-state index contributed by atoms with van der Waals surface area (Å²) in [5.41, 5.74) is 3.66. The number of hydrazine groups is 1. The number of nitrogens with zero attached hydrogens (tertiary/aromatic N) is 4. The lowest BCUT2D eigenvalue weighted by Crippen LogP contribution is -2.47. The first-order valence-electron chi connectivity index (χ1n) is 5.35. The Morgan fingerprint density at radius 2 is 2.06 bits per heavy atom. The predicted octanol–water partition coefficient (Wildman–Crippen LogP) is 0.528. The van der Waals surface area contributed by atoms with Gasteiger partial charge in [0, 0.05) is 26.2 Å². The van der Waals surface area contributed by atoms with Gasteiger partial charge in [0.1, 0.15) is 17.6 Å². The molecule has 0 atom stereocenters. The molecule has 5 nitrogen and oxygen atoms in total. The van der Waals surface area contributed by atoms with Crippen LogP contribution in [-0.2, 0) is 0 Å². The molecule has 16 heavy (non-hydrogen) atoms. The van der Waals surface area contributed by atoms with Crippen molar-refractivity contribution in [3.8, 4) is 6.07 Å². The van der Waals surface area contributed by atoms with E-state index in [1.807, 2.05) is 18.2 Å². The summed E-state index contributed by atoms with van der Waals surface area (Å²) in [6.07, 6.45) is 0. The van der Waals surface area contributed by atoms with Crippen LogP contribution >= 0.6 is 0 Å². The van der Waals surface area contributed by atoms with E-state index in [1.165, 1.54) is 0 Å². The fourth-order valence-corrected chi connectivity index (χ4v) is 1.64. The molecule has 0 bridgehead atoms. The highest BCUT2D eigenvalue weighted by Crippen LogP contribution is 2.07. The predicted molar refractivity (Wildman–Crippen MR) is 61.6 cm³/mol. The molecule has 0 radical (unpaired) electrons. The van der Waals surface area contributed by atoms with Crippen LogP contribution in [0.5, 0.6) is 0 Å². The van der Waals surface area contributed by atoms with Crippen molar-refractivity contribution in [2.45, 2.75) is 0 Å². The van der Waals surface area contributed by atoms with Gasteiger partial charge in [-0.2, -0.15) is 5.26 Å². The highest BCUT2D eigenvalue weighted by atomic mass is 15.5. The number of piperazine rings is 1. The molecule has 1 aromatic rings. The number of hydrogen-bond acceptors (Lipinski definition) is 5. The van der Waals surface area contributed by atoms with E-state index in [1.54, 1.807) is 6.07 Å². The third-order valence-electron chi connectivity index (χ3n) is 2.64. The molecule has 1 saturated heterocycles. The van der Waals surface area contributed by atoms with Gasteiger partial charge in [0.05, 0.1) is 0 Å². The van der Waals surface area contributed by atoms with Crippen molar-refractivity contribution in [2.75, 3.05) is 38.7 Å². The summed E-state index contributed by atoms with van der Waals surface area (Å²) in [6, 6.07) is 7.45. The Hall–Kier alpha value is -1.64. The largest absolute Gasteiger partial charge is 0.304 e. The molecule has 1 aliphatic heterocycles. The van der Waals surface area contributed by atoms with Crippen LogP contribution in [0.3, 0.4) is 0 Å². The van der Waals surface area contributed by atoms with Crippen LogP contribution in [0.15, 0.2) is 18.2 Å². The number of nitriles is 1. The van der Waals surface area contributed by atoms with Gasteiger partial charge in [-0.05, 0) is 19.2 Å². The van der Waals surface area contributed by atoms with Crippen molar-refractivity contribution in [1.82, 2.24) is 14.9 Å². The maximum absolute atomic E-state index is 8.74. The van der Waals surface area contributed by atoms with Gasteiger partial charge in [0.25, 0.3) is 0 Å². The van der Waals surface area contributed by atoms with Crippen molar-refractivity contribution < 1.29 is 0 Å². The Morgan fingerprint density at radius 3 is 2.75 bits per heavy atom. The third-order valence-corrected chi connectivity index (χ3v) is 2.64. The normalized spacial score (nSPS) is 18.0. The maximum atomic E-state index is 8.74. The van der Waals surface area contributed by atoms with Crippen LogP contribution < -0.4 is 5.43 Å². The lowest BCUT2D eigenvalue weighted by atomic mass is 10.3. The minimum atomic E-state index is 0.444. The smallest absolute Gasteiger partial charge is 0.142 e. The van der Waals surface area contributed by atoms with E-state index in [-0.39, 0.29) is 0 Å². The molecule has 84 valence electrons. The van der Waals surface area contributed by atoms with Gasteiger partial charge >= 0.3 is 0 Å². The summed E-state index contributed by atoms with van der Waals surface area (Å²) >= 11 is 0. The van der Waals surface area contributed by atoms with Gasteiger partial charge < -0.3 is 10.3 Å². The van der Waals surface area contributed by atoms with E-state index in [0.29, 0.717) is 5.69 Å².